The van der Waals surface area contributed by atoms with E-state index in [0.717, 1.165) is 35.9 Å². The van der Waals surface area contributed by atoms with Crippen LogP contribution in [0.3, 0.4) is 0 Å². The van der Waals surface area contributed by atoms with Crippen LogP contribution in [0.5, 0.6) is 0 Å². The fourth-order valence-corrected chi connectivity index (χ4v) is 4.90. The predicted octanol–water partition coefficient (Wildman–Crippen LogP) is 4.12. The summed E-state index contributed by atoms with van der Waals surface area (Å²) in [4.78, 5) is 15.6. The third-order valence-corrected chi connectivity index (χ3v) is 6.05. The Morgan fingerprint density at radius 1 is 1.08 bits per heavy atom. The molecule has 1 aliphatic carbocycles. The second kappa shape index (κ2) is 5.48. The highest BCUT2D eigenvalue weighted by atomic mass is 16.2. The molecule has 1 aromatic heterocycles. The van der Waals surface area contributed by atoms with Gasteiger partial charge in [0.2, 0.25) is 0 Å². The van der Waals surface area contributed by atoms with Gasteiger partial charge in [0.25, 0.3) is 5.91 Å². The minimum absolute atomic E-state index is 0.194. The van der Waals surface area contributed by atoms with Gasteiger partial charge in [-0.2, -0.15) is 0 Å². The van der Waals surface area contributed by atoms with Crippen molar-refractivity contribution in [1.82, 2.24) is 9.47 Å². The van der Waals surface area contributed by atoms with Crippen LogP contribution in [0.15, 0.2) is 54.7 Å². The van der Waals surface area contributed by atoms with Gasteiger partial charge in [0.15, 0.2) is 0 Å². The zero-order chi connectivity index (χ0) is 17.0. The average molecular weight is 330 g/mol. The summed E-state index contributed by atoms with van der Waals surface area (Å²) in [5.41, 5.74) is 4.85. The highest BCUT2D eigenvalue weighted by Crippen LogP contribution is 2.42. The topological polar surface area (TPSA) is 25.2 Å². The Labute approximate surface area is 147 Å². The molecule has 1 saturated heterocycles. The van der Waals surface area contributed by atoms with Crippen LogP contribution in [0.2, 0.25) is 0 Å². The number of hydrogen-bond donors (Lipinski definition) is 0. The van der Waals surface area contributed by atoms with E-state index >= 15 is 0 Å². The summed E-state index contributed by atoms with van der Waals surface area (Å²) < 4.78 is 2.06. The molecular weight excluding hydrogens is 308 g/mol. The lowest BCUT2D eigenvalue weighted by molar-refractivity contribution is 0.0597. The van der Waals surface area contributed by atoms with Gasteiger partial charge in [0.05, 0.1) is 5.56 Å². The Morgan fingerprint density at radius 2 is 1.88 bits per heavy atom. The van der Waals surface area contributed by atoms with Gasteiger partial charge in [-0.25, -0.2) is 0 Å². The maximum absolute atomic E-state index is 13.4. The lowest BCUT2D eigenvalue weighted by Gasteiger charge is -2.38. The van der Waals surface area contributed by atoms with Crippen LogP contribution >= 0.6 is 0 Å². The number of piperidine rings is 1. The van der Waals surface area contributed by atoms with Crippen LogP contribution in [-0.2, 0) is 13.5 Å². The number of para-hydroxylation sites is 1. The predicted molar refractivity (Wildman–Crippen MR) is 99.9 cm³/mol. The van der Waals surface area contributed by atoms with Crippen molar-refractivity contribution in [3.05, 3.63) is 71.4 Å². The first-order chi connectivity index (χ1) is 12.2. The van der Waals surface area contributed by atoms with Crippen molar-refractivity contribution in [2.75, 3.05) is 6.54 Å². The first kappa shape index (κ1) is 14.8. The molecule has 3 heteroatoms. The molecule has 2 atom stereocenters. The van der Waals surface area contributed by atoms with E-state index in [2.05, 4.69) is 45.9 Å². The standard InChI is InChI=1S/C22H22N2O/c1-23-14-19(18-9-4-5-11-20(18)23)22(25)24-12-6-10-17-16-8-3-2-7-15(16)13-21(17)24/h2-5,7-9,11,14,17,21H,6,10,12-13H2,1H3/t17-,21+/m1/s1. The van der Waals surface area contributed by atoms with E-state index < -0.39 is 0 Å². The highest BCUT2D eigenvalue weighted by Gasteiger charge is 2.41. The van der Waals surface area contributed by atoms with Crippen LogP contribution in [0, 0.1) is 0 Å². The third-order valence-electron chi connectivity index (χ3n) is 6.05. The molecule has 2 aliphatic rings. The fourth-order valence-electron chi connectivity index (χ4n) is 4.90. The smallest absolute Gasteiger partial charge is 0.256 e. The van der Waals surface area contributed by atoms with E-state index in [-0.39, 0.29) is 5.91 Å². The molecule has 5 rings (SSSR count). The maximum atomic E-state index is 13.4. The molecule has 126 valence electrons. The molecule has 1 amide bonds. The number of likely N-dealkylation sites (tertiary alicyclic amines) is 1. The Bertz CT molecular complexity index is 971. The van der Waals surface area contributed by atoms with Gasteiger partial charge >= 0.3 is 0 Å². The minimum Gasteiger partial charge on any atom is -0.350 e. The second-order valence-electron chi connectivity index (χ2n) is 7.39. The van der Waals surface area contributed by atoms with Crippen LogP contribution in [0.25, 0.3) is 10.9 Å². The Balaban J connectivity index is 1.54. The zero-order valence-electron chi connectivity index (χ0n) is 14.5. The van der Waals surface area contributed by atoms with Crippen LogP contribution in [-0.4, -0.2) is 28.0 Å². The van der Waals surface area contributed by atoms with Gasteiger partial charge in [-0.05, 0) is 36.5 Å². The minimum atomic E-state index is 0.194. The van der Waals surface area contributed by atoms with Crippen LogP contribution in [0.1, 0.15) is 40.2 Å². The summed E-state index contributed by atoms with van der Waals surface area (Å²) in [5.74, 6) is 0.697. The van der Waals surface area contributed by atoms with Gasteiger partial charge in [-0.3, -0.25) is 4.79 Å². The molecule has 25 heavy (non-hydrogen) atoms. The molecule has 0 radical (unpaired) electrons. The van der Waals surface area contributed by atoms with E-state index in [1.165, 1.54) is 17.5 Å². The van der Waals surface area contributed by atoms with E-state index in [4.69, 9.17) is 0 Å². The molecule has 1 fully saturated rings. The van der Waals surface area contributed by atoms with Crippen molar-refractivity contribution in [2.24, 2.45) is 7.05 Å². The molecule has 2 heterocycles. The van der Waals surface area contributed by atoms with Crippen molar-refractivity contribution in [3.63, 3.8) is 0 Å². The Hall–Kier alpha value is -2.55. The number of benzene rings is 2. The van der Waals surface area contributed by atoms with E-state index in [1.807, 2.05) is 25.4 Å². The summed E-state index contributed by atoms with van der Waals surface area (Å²) >= 11 is 0. The van der Waals surface area contributed by atoms with E-state index in [9.17, 15) is 4.79 Å². The van der Waals surface area contributed by atoms with E-state index in [0.29, 0.717) is 12.0 Å². The van der Waals surface area contributed by atoms with Crippen LogP contribution in [0.4, 0.5) is 0 Å². The molecule has 0 unspecified atom stereocenters. The zero-order valence-corrected chi connectivity index (χ0v) is 14.5. The van der Waals surface area contributed by atoms with Crippen LogP contribution < -0.4 is 0 Å². The molecule has 1 aliphatic heterocycles. The van der Waals surface area contributed by atoms with Gasteiger partial charge in [-0.15, -0.1) is 0 Å². The summed E-state index contributed by atoms with van der Waals surface area (Å²) in [5, 5.41) is 1.06. The first-order valence-corrected chi connectivity index (χ1v) is 9.17. The maximum Gasteiger partial charge on any atom is 0.256 e. The number of fused-ring (bicyclic) bond motifs is 4. The number of rotatable bonds is 1. The summed E-state index contributed by atoms with van der Waals surface area (Å²) in [7, 11) is 2.02. The number of carbonyl (C=O) groups is 1. The fraction of sp³-hybridized carbons (Fsp3) is 0.318. The van der Waals surface area contributed by atoms with Crippen molar-refractivity contribution < 1.29 is 4.79 Å². The number of aryl methyl sites for hydroxylation is 1. The van der Waals surface area contributed by atoms with Crippen molar-refractivity contribution >= 4 is 16.8 Å². The Kier molecular flexibility index (Phi) is 3.24. The SMILES string of the molecule is Cn1cc(C(=O)N2CCC[C@@H]3c4ccccc4C[C@@H]32)c2ccccc21. The molecule has 0 N–H and O–H groups in total. The average Bonchev–Trinajstić information content (AvgIpc) is 3.19. The summed E-state index contributed by atoms with van der Waals surface area (Å²) in [6, 6.07) is 17.2. The summed E-state index contributed by atoms with van der Waals surface area (Å²) in [6.07, 6.45) is 5.28. The van der Waals surface area contributed by atoms with Gasteiger partial charge in [0, 0.05) is 42.7 Å². The number of nitrogens with zero attached hydrogens (tertiary/aromatic N) is 2. The van der Waals surface area contributed by atoms with Gasteiger partial charge < -0.3 is 9.47 Å². The summed E-state index contributed by atoms with van der Waals surface area (Å²) in [6.45, 7) is 0.872. The monoisotopic (exact) mass is 330 g/mol. The normalized spacial score (nSPS) is 22.0. The number of carbonyl (C=O) groups excluding carboxylic acids is 1. The lowest BCUT2D eigenvalue weighted by Crippen LogP contribution is -2.46. The molecule has 2 aromatic carbocycles. The second-order valence-corrected chi connectivity index (χ2v) is 7.39. The molecule has 3 aromatic rings. The van der Waals surface area contributed by atoms with Crippen molar-refractivity contribution in [2.45, 2.75) is 31.2 Å². The van der Waals surface area contributed by atoms with Crippen molar-refractivity contribution in [3.8, 4) is 0 Å². The largest absolute Gasteiger partial charge is 0.350 e. The molecule has 0 bridgehead atoms. The molecular formula is C22H22N2O. The molecule has 0 saturated carbocycles. The van der Waals surface area contributed by atoms with E-state index in [1.54, 1.807) is 0 Å². The quantitative estimate of drug-likeness (QED) is 0.659. The lowest BCUT2D eigenvalue weighted by atomic mass is 9.88. The highest BCUT2D eigenvalue weighted by molar-refractivity contribution is 6.07. The number of aromatic nitrogens is 1. The Morgan fingerprint density at radius 3 is 2.80 bits per heavy atom. The number of hydrogen-bond acceptors (Lipinski definition) is 1. The van der Waals surface area contributed by atoms with Gasteiger partial charge in [0.1, 0.15) is 0 Å². The van der Waals surface area contributed by atoms with Crippen molar-refractivity contribution in [1.29, 1.82) is 0 Å². The molecule has 3 nitrogen and oxygen atoms in total. The molecule has 0 spiro atoms. The number of amides is 1. The third kappa shape index (κ3) is 2.15. The van der Waals surface area contributed by atoms with Gasteiger partial charge in [-0.1, -0.05) is 42.5 Å². The first-order valence-electron chi connectivity index (χ1n) is 9.17.